The topological polar surface area (TPSA) is 133 Å². The lowest BCUT2D eigenvalue weighted by molar-refractivity contribution is 0.0928. The highest BCUT2D eigenvalue weighted by Crippen LogP contribution is 2.38. The second-order valence-electron chi connectivity index (χ2n) is 8.75. The molecule has 5 aromatic rings. The molecule has 1 amide bonds. The molecule has 0 bridgehead atoms. The summed E-state index contributed by atoms with van der Waals surface area (Å²) >= 11 is 0. The van der Waals surface area contributed by atoms with Gasteiger partial charge in [-0.05, 0) is 18.9 Å². The van der Waals surface area contributed by atoms with E-state index in [1.54, 1.807) is 13.1 Å². The number of fused-ring (bicyclic) bond motifs is 1. The van der Waals surface area contributed by atoms with E-state index >= 15 is 0 Å². The molecule has 6 rings (SSSR count). The molecule has 4 heterocycles. The third kappa shape index (κ3) is 4.26. The number of rotatable bonds is 8. The number of nitrogens with one attached hydrogen (secondary N) is 1. The number of ketones is 1. The van der Waals surface area contributed by atoms with Crippen molar-refractivity contribution >= 4 is 17.5 Å². The summed E-state index contributed by atoms with van der Waals surface area (Å²) in [4.78, 5) is 39.5. The highest BCUT2D eigenvalue weighted by atomic mass is 16.5. The molecule has 1 aliphatic carbocycles. The van der Waals surface area contributed by atoms with Gasteiger partial charge in [0, 0.05) is 30.9 Å². The van der Waals surface area contributed by atoms with Crippen molar-refractivity contribution in [3.63, 3.8) is 0 Å². The molecule has 11 nitrogen and oxygen atoms in total. The van der Waals surface area contributed by atoms with Gasteiger partial charge in [0.2, 0.25) is 11.7 Å². The van der Waals surface area contributed by atoms with E-state index in [4.69, 9.17) is 4.52 Å². The van der Waals surface area contributed by atoms with Gasteiger partial charge in [-0.3, -0.25) is 18.7 Å². The fourth-order valence-corrected chi connectivity index (χ4v) is 4.03. The Morgan fingerprint density at radius 2 is 1.94 bits per heavy atom. The lowest BCUT2D eigenvalue weighted by atomic mass is 10.1. The smallest absolute Gasteiger partial charge is 0.255 e. The van der Waals surface area contributed by atoms with Crippen LogP contribution in [0.5, 0.6) is 0 Å². The Hall–Kier alpha value is -4.67. The summed E-state index contributed by atoms with van der Waals surface area (Å²) in [6, 6.07) is 11.6. The summed E-state index contributed by atoms with van der Waals surface area (Å²) in [5.41, 5.74) is 2.71. The second-order valence-corrected chi connectivity index (χ2v) is 8.75. The van der Waals surface area contributed by atoms with Crippen molar-refractivity contribution in [3.8, 4) is 11.3 Å². The van der Waals surface area contributed by atoms with Crippen LogP contribution in [0.15, 0.2) is 59.5 Å². The summed E-state index contributed by atoms with van der Waals surface area (Å²) < 4.78 is 8.43. The van der Waals surface area contributed by atoms with Gasteiger partial charge in [0.25, 0.3) is 5.91 Å². The maximum atomic E-state index is 13.2. The van der Waals surface area contributed by atoms with Crippen LogP contribution in [0.3, 0.4) is 0 Å². The van der Waals surface area contributed by atoms with Crippen LogP contribution in [-0.2, 0) is 20.0 Å². The van der Waals surface area contributed by atoms with Gasteiger partial charge in [0.05, 0.1) is 36.1 Å². The van der Waals surface area contributed by atoms with E-state index in [2.05, 4.69) is 30.5 Å². The van der Waals surface area contributed by atoms with Crippen molar-refractivity contribution in [2.45, 2.75) is 31.7 Å². The van der Waals surface area contributed by atoms with Gasteiger partial charge in [-0.25, -0.2) is 9.97 Å². The molecule has 0 atom stereocenters. The van der Waals surface area contributed by atoms with E-state index in [0.717, 1.165) is 24.1 Å². The summed E-state index contributed by atoms with van der Waals surface area (Å²) in [6.07, 6.45) is 7.19. The minimum atomic E-state index is -0.437. The Morgan fingerprint density at radius 3 is 2.75 bits per heavy atom. The molecule has 4 aromatic heterocycles. The average molecular weight is 483 g/mol. The van der Waals surface area contributed by atoms with Crippen LogP contribution in [0.4, 0.5) is 0 Å². The molecule has 0 saturated heterocycles. The first kappa shape index (κ1) is 21.8. The molecule has 36 heavy (non-hydrogen) atoms. The largest absolute Gasteiger partial charge is 0.344 e. The number of imidazole rings is 1. The summed E-state index contributed by atoms with van der Waals surface area (Å²) in [6.45, 7) is 0.0967. The number of nitrogens with zero attached hydrogens (tertiary/aromatic N) is 7. The van der Waals surface area contributed by atoms with Gasteiger partial charge in [-0.1, -0.05) is 35.5 Å². The Kier molecular flexibility index (Phi) is 5.36. The first-order valence-electron chi connectivity index (χ1n) is 11.6. The van der Waals surface area contributed by atoms with Crippen LogP contribution >= 0.6 is 0 Å². The highest BCUT2D eigenvalue weighted by Gasteiger charge is 2.30. The van der Waals surface area contributed by atoms with Gasteiger partial charge in [0.1, 0.15) is 5.69 Å². The fraction of sp³-hybridized carbons (Fsp3) is 0.240. The van der Waals surface area contributed by atoms with Gasteiger partial charge in [-0.2, -0.15) is 10.1 Å². The number of hydrogen-bond donors (Lipinski definition) is 1. The molecule has 1 N–H and O–H groups in total. The number of Topliss-reactive ketones (excluding diaryl/α,β-unsaturated/α-hetero) is 1. The van der Waals surface area contributed by atoms with Crippen molar-refractivity contribution in [1.29, 1.82) is 0 Å². The third-order valence-corrected chi connectivity index (χ3v) is 6.06. The minimum Gasteiger partial charge on any atom is -0.344 e. The van der Waals surface area contributed by atoms with E-state index in [9.17, 15) is 9.59 Å². The predicted octanol–water partition coefficient (Wildman–Crippen LogP) is 2.75. The monoisotopic (exact) mass is 482 g/mol. The number of amides is 1. The molecule has 0 spiro atoms. The van der Waals surface area contributed by atoms with Crippen LogP contribution in [0.2, 0.25) is 0 Å². The number of aromatic nitrogens is 7. The van der Waals surface area contributed by atoms with Gasteiger partial charge >= 0.3 is 0 Å². The molecular weight excluding hydrogens is 460 g/mol. The number of benzene rings is 1. The normalized spacial score (nSPS) is 13.2. The van der Waals surface area contributed by atoms with Crippen LogP contribution in [-0.4, -0.2) is 46.0 Å². The molecule has 0 unspecified atom stereocenters. The van der Waals surface area contributed by atoms with Crippen molar-refractivity contribution in [2.24, 2.45) is 7.05 Å². The van der Waals surface area contributed by atoms with Crippen molar-refractivity contribution in [2.75, 3.05) is 0 Å². The van der Waals surface area contributed by atoms with Crippen LogP contribution in [0.1, 0.15) is 57.0 Å². The Balaban J connectivity index is 1.17. The number of carbonyl (C=O) groups is 2. The fourth-order valence-electron chi connectivity index (χ4n) is 4.03. The zero-order valence-electron chi connectivity index (χ0n) is 19.5. The number of carbonyl (C=O) groups excluding carboxylic acids is 2. The minimum absolute atomic E-state index is 0.000562. The van der Waals surface area contributed by atoms with E-state index in [1.165, 1.54) is 10.9 Å². The van der Waals surface area contributed by atoms with Crippen LogP contribution in [0, 0.1) is 0 Å². The molecule has 1 aromatic carbocycles. The quantitative estimate of drug-likeness (QED) is 0.334. The number of aryl methyl sites for hydroxylation is 1. The molecule has 1 aliphatic rings. The molecule has 1 fully saturated rings. The lowest BCUT2D eigenvalue weighted by Gasteiger charge is -2.06. The van der Waals surface area contributed by atoms with Crippen LogP contribution < -0.4 is 5.32 Å². The summed E-state index contributed by atoms with van der Waals surface area (Å²) in [7, 11) is 1.63. The van der Waals surface area contributed by atoms with Gasteiger partial charge < -0.3 is 9.84 Å². The Morgan fingerprint density at radius 1 is 1.11 bits per heavy atom. The van der Waals surface area contributed by atoms with Gasteiger partial charge in [-0.15, -0.1) is 0 Å². The first-order valence-corrected chi connectivity index (χ1v) is 11.6. The average Bonchev–Trinajstić information content (AvgIpc) is 3.29. The zero-order valence-corrected chi connectivity index (χ0v) is 19.5. The third-order valence-electron chi connectivity index (χ3n) is 6.06. The molecule has 11 heteroatoms. The van der Waals surface area contributed by atoms with Crippen molar-refractivity contribution < 1.29 is 14.1 Å². The molecule has 0 aliphatic heterocycles. The van der Waals surface area contributed by atoms with E-state index in [0.29, 0.717) is 29.1 Å². The highest BCUT2D eigenvalue weighted by molar-refractivity contribution is 6.07. The molecular formula is C25H22N8O3. The Bertz CT molecular complexity index is 1580. The molecule has 180 valence electrons. The van der Waals surface area contributed by atoms with E-state index in [-0.39, 0.29) is 30.0 Å². The van der Waals surface area contributed by atoms with E-state index < -0.39 is 5.91 Å². The van der Waals surface area contributed by atoms with E-state index in [1.807, 2.05) is 47.1 Å². The lowest BCUT2D eigenvalue weighted by Crippen LogP contribution is -2.26. The maximum Gasteiger partial charge on any atom is 0.255 e. The summed E-state index contributed by atoms with van der Waals surface area (Å²) in [5, 5.41) is 10.8. The molecule has 0 radical (unpaired) electrons. The van der Waals surface area contributed by atoms with Crippen LogP contribution in [0.25, 0.3) is 17.0 Å². The zero-order chi connectivity index (χ0) is 24.6. The standard InChI is InChI=1S/C25H22N8O3/c1-32-22(18(12-27-32)23(35)26-13-21-30-24(36-31-21)16-7-8-16)20(34)11-17-9-10-33-14-19(29-25(33)28-17)15-5-3-2-4-6-15/h2-6,9-10,12,14,16H,7-8,11,13H2,1H3,(H,26,35). The SMILES string of the molecule is Cn1ncc(C(=O)NCc2noc(C3CC3)n2)c1C(=O)Cc1ccn2cc(-c3ccccc3)nc2n1. The summed E-state index contributed by atoms with van der Waals surface area (Å²) in [5.74, 6) is 1.12. The Labute approximate surface area is 205 Å². The van der Waals surface area contributed by atoms with Gasteiger partial charge in [0.15, 0.2) is 11.6 Å². The predicted molar refractivity (Wildman–Crippen MR) is 127 cm³/mol. The maximum absolute atomic E-state index is 13.2. The first-order chi connectivity index (χ1) is 17.5. The number of hydrogen-bond acceptors (Lipinski definition) is 8. The van der Waals surface area contributed by atoms with Crippen molar-refractivity contribution in [1.82, 2.24) is 39.6 Å². The van der Waals surface area contributed by atoms with Crippen molar-refractivity contribution in [3.05, 3.63) is 83.7 Å². The second kappa shape index (κ2) is 8.84. The molecule has 1 saturated carbocycles.